The van der Waals surface area contributed by atoms with E-state index >= 15 is 0 Å². The number of allylic oxidation sites excluding steroid dienone is 1. The highest BCUT2D eigenvalue weighted by atomic mass is 16.5. The van der Waals surface area contributed by atoms with Crippen LogP contribution in [0.25, 0.3) is 0 Å². The zero-order valence-corrected chi connectivity index (χ0v) is 7.00. The molecule has 0 saturated heterocycles. The topological polar surface area (TPSA) is 55.0 Å². The van der Waals surface area contributed by atoms with Crippen LogP contribution in [0.1, 0.15) is 13.8 Å². The number of nitrogens with one attached hydrogen (secondary N) is 1. The van der Waals surface area contributed by atoms with Gasteiger partial charge in [-0.1, -0.05) is 6.08 Å². The zero-order chi connectivity index (χ0) is 8.97. The van der Waals surface area contributed by atoms with Crippen LogP contribution in [0.4, 0.5) is 0 Å². The minimum atomic E-state index is -0.359. The number of rotatable bonds is 2. The number of aromatic amines is 1. The Bertz CT molecular complexity index is 288. The van der Waals surface area contributed by atoms with Gasteiger partial charge in [0.25, 0.3) is 0 Å². The molecule has 1 aromatic rings. The van der Waals surface area contributed by atoms with E-state index < -0.39 is 0 Å². The summed E-state index contributed by atoms with van der Waals surface area (Å²) >= 11 is 0. The van der Waals surface area contributed by atoms with Crippen molar-refractivity contribution in [1.82, 2.24) is 9.97 Å². The first-order valence-corrected chi connectivity index (χ1v) is 3.57. The number of carbonyl (C=O) groups is 1. The van der Waals surface area contributed by atoms with Crippen molar-refractivity contribution < 1.29 is 9.53 Å². The van der Waals surface area contributed by atoms with E-state index in [1.807, 2.05) is 0 Å². The molecule has 12 heavy (non-hydrogen) atoms. The number of nitrogens with zero attached hydrogens (tertiary/aromatic N) is 1. The first kappa shape index (κ1) is 8.52. The molecular formula is C8H10N2O2. The van der Waals surface area contributed by atoms with Crippen molar-refractivity contribution >= 4 is 5.97 Å². The summed E-state index contributed by atoms with van der Waals surface area (Å²) < 4.78 is 4.88. The maximum absolute atomic E-state index is 11.1. The Hall–Kier alpha value is -1.58. The average molecular weight is 166 g/mol. The smallest absolute Gasteiger partial charge is 0.340 e. The van der Waals surface area contributed by atoms with Crippen molar-refractivity contribution in [3.05, 3.63) is 24.2 Å². The number of aromatic nitrogens is 2. The largest absolute Gasteiger partial charge is 0.404 e. The molecule has 0 radical (unpaired) electrons. The molecule has 0 aliphatic rings. The summed E-state index contributed by atoms with van der Waals surface area (Å²) in [5, 5.41) is 0. The lowest BCUT2D eigenvalue weighted by Gasteiger charge is -1.99. The Morgan fingerprint density at radius 2 is 2.50 bits per heavy atom. The van der Waals surface area contributed by atoms with Gasteiger partial charge in [-0.25, -0.2) is 9.78 Å². The van der Waals surface area contributed by atoms with Gasteiger partial charge in [-0.3, -0.25) is 0 Å². The summed E-state index contributed by atoms with van der Waals surface area (Å²) in [7, 11) is 0. The molecule has 0 aromatic carbocycles. The molecule has 0 unspecified atom stereocenters. The van der Waals surface area contributed by atoms with Gasteiger partial charge in [0.15, 0.2) is 0 Å². The lowest BCUT2D eigenvalue weighted by molar-refractivity contribution is -0.130. The van der Waals surface area contributed by atoms with Crippen LogP contribution in [-0.4, -0.2) is 15.9 Å². The molecule has 4 nitrogen and oxygen atoms in total. The highest BCUT2D eigenvalue weighted by molar-refractivity contribution is 5.89. The van der Waals surface area contributed by atoms with Crippen LogP contribution >= 0.6 is 0 Å². The van der Waals surface area contributed by atoms with E-state index in [1.54, 1.807) is 19.9 Å². The van der Waals surface area contributed by atoms with Crippen molar-refractivity contribution in [2.45, 2.75) is 13.8 Å². The average Bonchev–Trinajstić information content (AvgIpc) is 2.55. The van der Waals surface area contributed by atoms with Crippen molar-refractivity contribution in [2.24, 2.45) is 0 Å². The maximum Gasteiger partial charge on any atom is 0.340 e. The lowest BCUT2D eigenvalue weighted by atomic mass is 10.3. The second-order valence-corrected chi connectivity index (χ2v) is 2.28. The fourth-order valence-corrected chi connectivity index (χ4v) is 0.597. The molecule has 1 N–H and O–H groups in total. The Morgan fingerprint density at radius 1 is 1.75 bits per heavy atom. The van der Waals surface area contributed by atoms with E-state index in [0.29, 0.717) is 11.5 Å². The zero-order valence-electron chi connectivity index (χ0n) is 7.00. The van der Waals surface area contributed by atoms with Crippen LogP contribution in [-0.2, 0) is 4.79 Å². The van der Waals surface area contributed by atoms with Crippen LogP contribution in [0.3, 0.4) is 0 Å². The van der Waals surface area contributed by atoms with E-state index in [0.717, 1.165) is 0 Å². The minimum absolute atomic E-state index is 0.359. The van der Waals surface area contributed by atoms with Crippen molar-refractivity contribution in [3.8, 4) is 5.88 Å². The molecule has 64 valence electrons. The van der Waals surface area contributed by atoms with Gasteiger partial charge in [-0.15, -0.1) is 0 Å². The molecule has 4 heteroatoms. The molecular weight excluding hydrogens is 156 g/mol. The number of carbonyl (C=O) groups excluding carboxylic acids is 1. The fourth-order valence-electron chi connectivity index (χ4n) is 0.597. The summed E-state index contributed by atoms with van der Waals surface area (Å²) in [5.74, 6) is 0.00273. The molecule has 0 aliphatic heterocycles. The molecule has 0 spiro atoms. The number of hydrogen-bond donors (Lipinski definition) is 1. The van der Waals surface area contributed by atoms with Crippen LogP contribution in [0, 0.1) is 0 Å². The van der Waals surface area contributed by atoms with E-state index in [9.17, 15) is 4.79 Å². The lowest BCUT2D eigenvalue weighted by Crippen LogP contribution is -2.08. The predicted molar refractivity (Wildman–Crippen MR) is 43.7 cm³/mol. The number of imidazole rings is 1. The molecule has 1 heterocycles. The highest BCUT2D eigenvalue weighted by Crippen LogP contribution is 2.05. The van der Waals surface area contributed by atoms with E-state index in [2.05, 4.69) is 9.97 Å². The SMILES string of the molecule is C/C=C(/C)C(=O)Oc1cnc[nH]1. The van der Waals surface area contributed by atoms with Gasteiger partial charge in [0, 0.05) is 5.57 Å². The first-order valence-electron chi connectivity index (χ1n) is 3.57. The Labute approximate surface area is 70.3 Å². The monoisotopic (exact) mass is 166 g/mol. The second kappa shape index (κ2) is 3.71. The molecule has 1 aromatic heterocycles. The minimum Gasteiger partial charge on any atom is -0.404 e. The third kappa shape index (κ3) is 1.95. The standard InChI is InChI=1S/C8H10N2O2/c1-3-6(2)8(11)12-7-4-9-5-10-7/h3-5H,1-2H3,(H,9,10)/b6-3-. The Morgan fingerprint density at radius 3 is 3.00 bits per heavy atom. The third-order valence-electron chi connectivity index (χ3n) is 1.43. The molecule has 0 saturated carbocycles. The van der Waals surface area contributed by atoms with Gasteiger partial charge in [0.2, 0.25) is 5.88 Å². The Kier molecular flexibility index (Phi) is 2.63. The van der Waals surface area contributed by atoms with E-state index in [4.69, 9.17) is 4.74 Å². The van der Waals surface area contributed by atoms with E-state index in [-0.39, 0.29) is 5.97 Å². The number of H-pyrrole nitrogens is 1. The van der Waals surface area contributed by atoms with Gasteiger partial charge in [-0.2, -0.15) is 0 Å². The quantitative estimate of drug-likeness (QED) is 0.532. The molecule has 0 fully saturated rings. The van der Waals surface area contributed by atoms with Crippen LogP contribution in [0.15, 0.2) is 24.2 Å². The first-order chi connectivity index (χ1) is 5.74. The molecule has 0 atom stereocenters. The maximum atomic E-state index is 11.1. The van der Waals surface area contributed by atoms with Crippen LogP contribution in [0.2, 0.25) is 0 Å². The number of ether oxygens (including phenoxy) is 1. The number of esters is 1. The summed E-state index contributed by atoms with van der Waals surface area (Å²) in [6.45, 7) is 3.47. The van der Waals surface area contributed by atoms with Gasteiger partial charge in [0.1, 0.15) is 0 Å². The normalized spacial score (nSPS) is 11.3. The van der Waals surface area contributed by atoms with Crippen molar-refractivity contribution in [3.63, 3.8) is 0 Å². The van der Waals surface area contributed by atoms with E-state index in [1.165, 1.54) is 12.5 Å². The van der Waals surface area contributed by atoms with Crippen LogP contribution in [0.5, 0.6) is 5.88 Å². The molecule has 1 rings (SSSR count). The molecule has 0 aliphatic carbocycles. The van der Waals surface area contributed by atoms with Gasteiger partial charge >= 0.3 is 5.97 Å². The molecule has 0 bridgehead atoms. The van der Waals surface area contributed by atoms with Gasteiger partial charge in [0.05, 0.1) is 12.5 Å². The third-order valence-corrected chi connectivity index (χ3v) is 1.43. The second-order valence-electron chi connectivity index (χ2n) is 2.28. The van der Waals surface area contributed by atoms with Gasteiger partial charge in [-0.05, 0) is 13.8 Å². The highest BCUT2D eigenvalue weighted by Gasteiger charge is 2.06. The van der Waals surface area contributed by atoms with Crippen molar-refractivity contribution in [1.29, 1.82) is 0 Å². The summed E-state index contributed by atoms with van der Waals surface area (Å²) in [4.78, 5) is 17.5. The van der Waals surface area contributed by atoms with Gasteiger partial charge < -0.3 is 9.72 Å². The Balaban J connectivity index is 2.59. The van der Waals surface area contributed by atoms with Crippen molar-refractivity contribution in [2.75, 3.05) is 0 Å². The fraction of sp³-hybridized carbons (Fsp3) is 0.250. The summed E-state index contributed by atoms with van der Waals surface area (Å²) in [6.07, 6.45) is 4.59. The predicted octanol–water partition coefficient (Wildman–Crippen LogP) is 1.28. The molecule has 0 amide bonds. The summed E-state index contributed by atoms with van der Waals surface area (Å²) in [5.41, 5.74) is 0.574. The summed E-state index contributed by atoms with van der Waals surface area (Å²) in [6, 6.07) is 0. The number of hydrogen-bond acceptors (Lipinski definition) is 3. The van der Waals surface area contributed by atoms with Crippen LogP contribution < -0.4 is 4.74 Å².